The highest BCUT2D eigenvalue weighted by Gasteiger charge is 2.13. The van der Waals surface area contributed by atoms with Gasteiger partial charge in [0.1, 0.15) is 5.82 Å². The third kappa shape index (κ3) is 2.23. The molecule has 1 atom stereocenters. The Morgan fingerprint density at radius 1 is 1.50 bits per heavy atom. The molecule has 0 saturated carbocycles. The van der Waals surface area contributed by atoms with E-state index in [0.29, 0.717) is 11.9 Å². The van der Waals surface area contributed by atoms with Crippen molar-refractivity contribution in [3.05, 3.63) is 23.9 Å². The van der Waals surface area contributed by atoms with Crippen LogP contribution in [-0.4, -0.2) is 17.6 Å². The zero-order chi connectivity index (χ0) is 9.80. The molecule has 3 nitrogen and oxygen atoms in total. The van der Waals surface area contributed by atoms with Crippen LogP contribution in [0.2, 0.25) is 0 Å². The molecule has 0 aliphatic carbocycles. The number of aromatic nitrogens is 1. The highest BCUT2D eigenvalue weighted by Crippen LogP contribution is 2.15. The third-order valence-corrected chi connectivity index (χ3v) is 2.80. The molecule has 3 heteroatoms. The maximum atomic E-state index is 5.80. The summed E-state index contributed by atoms with van der Waals surface area (Å²) in [5, 5.41) is 3.51. The van der Waals surface area contributed by atoms with Gasteiger partial charge in [-0.3, -0.25) is 0 Å². The topological polar surface area (TPSA) is 50.9 Å². The zero-order valence-electron chi connectivity index (χ0n) is 8.37. The summed E-state index contributed by atoms with van der Waals surface area (Å²) >= 11 is 0. The van der Waals surface area contributed by atoms with Crippen molar-refractivity contribution in [2.75, 3.05) is 12.3 Å². The van der Waals surface area contributed by atoms with Gasteiger partial charge in [-0.1, -0.05) is 12.5 Å². The van der Waals surface area contributed by atoms with Gasteiger partial charge in [-0.15, -0.1) is 0 Å². The van der Waals surface area contributed by atoms with E-state index in [4.69, 9.17) is 5.73 Å². The largest absolute Gasteiger partial charge is 0.383 e. The Labute approximate surface area is 84.7 Å². The van der Waals surface area contributed by atoms with Gasteiger partial charge in [-0.2, -0.15) is 0 Å². The molecule has 3 N–H and O–H groups in total. The molecule has 1 fully saturated rings. The molecule has 1 aromatic heterocycles. The number of rotatable bonds is 2. The lowest BCUT2D eigenvalue weighted by Gasteiger charge is -2.23. The number of nitrogen functional groups attached to an aromatic ring is 1. The molecule has 0 aromatic carbocycles. The van der Waals surface area contributed by atoms with Gasteiger partial charge in [0.15, 0.2) is 0 Å². The van der Waals surface area contributed by atoms with Crippen molar-refractivity contribution in [3.63, 3.8) is 0 Å². The predicted molar refractivity (Wildman–Crippen MR) is 58.0 cm³/mol. The second-order valence-corrected chi connectivity index (χ2v) is 3.90. The molecule has 2 rings (SSSR count). The van der Waals surface area contributed by atoms with Crippen LogP contribution in [0.3, 0.4) is 0 Å². The number of hydrogen-bond acceptors (Lipinski definition) is 3. The van der Waals surface area contributed by atoms with E-state index in [1.165, 1.54) is 24.8 Å². The summed E-state index contributed by atoms with van der Waals surface area (Å²) in [5.41, 5.74) is 6.97. The van der Waals surface area contributed by atoms with E-state index >= 15 is 0 Å². The fraction of sp³-hybridized carbons (Fsp3) is 0.545. The lowest BCUT2D eigenvalue weighted by molar-refractivity contribution is 0.399. The lowest BCUT2D eigenvalue weighted by atomic mass is 9.98. The molecule has 1 saturated heterocycles. The molecule has 76 valence electrons. The Bertz CT molecular complexity index is 292. The van der Waals surface area contributed by atoms with E-state index in [-0.39, 0.29) is 0 Å². The number of pyridine rings is 1. The molecular formula is C11H17N3. The van der Waals surface area contributed by atoms with Crippen LogP contribution >= 0.6 is 0 Å². The number of nitrogens with two attached hydrogens (primary N) is 1. The Morgan fingerprint density at radius 3 is 3.14 bits per heavy atom. The second-order valence-electron chi connectivity index (χ2n) is 3.90. The Hall–Kier alpha value is -1.09. The van der Waals surface area contributed by atoms with Gasteiger partial charge < -0.3 is 11.1 Å². The zero-order valence-corrected chi connectivity index (χ0v) is 8.37. The molecule has 1 aliphatic rings. The van der Waals surface area contributed by atoms with Gasteiger partial charge in [0, 0.05) is 12.2 Å². The van der Waals surface area contributed by atoms with Crippen LogP contribution in [0.1, 0.15) is 24.8 Å². The number of anilines is 1. The SMILES string of the molecule is Nc1ncccc1CC1CCCCN1. The fourth-order valence-electron chi connectivity index (χ4n) is 1.99. The van der Waals surface area contributed by atoms with Crippen LogP contribution in [0.25, 0.3) is 0 Å². The Balaban J connectivity index is 1.99. The van der Waals surface area contributed by atoms with Crippen LogP contribution in [0.5, 0.6) is 0 Å². The van der Waals surface area contributed by atoms with E-state index in [1.54, 1.807) is 6.20 Å². The molecule has 0 bridgehead atoms. The standard InChI is InChI=1S/C11H17N3/c12-11-9(4-3-7-14-11)8-10-5-1-2-6-13-10/h3-4,7,10,13H,1-2,5-6,8H2,(H2,12,14). The van der Waals surface area contributed by atoms with Crippen molar-refractivity contribution in [1.82, 2.24) is 10.3 Å². The summed E-state index contributed by atoms with van der Waals surface area (Å²) in [6, 6.07) is 4.61. The van der Waals surface area contributed by atoms with Crippen LogP contribution in [0.15, 0.2) is 18.3 Å². The number of nitrogens with one attached hydrogen (secondary N) is 1. The van der Waals surface area contributed by atoms with Crippen molar-refractivity contribution in [3.8, 4) is 0 Å². The van der Waals surface area contributed by atoms with Crippen LogP contribution in [0, 0.1) is 0 Å². The van der Waals surface area contributed by atoms with Crippen molar-refractivity contribution in [2.45, 2.75) is 31.7 Å². The highest BCUT2D eigenvalue weighted by molar-refractivity contribution is 5.38. The first-order valence-electron chi connectivity index (χ1n) is 5.29. The Kier molecular flexibility index (Phi) is 2.99. The highest BCUT2D eigenvalue weighted by atomic mass is 14.9. The molecule has 0 spiro atoms. The maximum Gasteiger partial charge on any atom is 0.126 e. The van der Waals surface area contributed by atoms with Gasteiger partial charge in [0.05, 0.1) is 0 Å². The molecule has 1 unspecified atom stereocenters. The van der Waals surface area contributed by atoms with Crippen LogP contribution in [0.4, 0.5) is 5.82 Å². The van der Waals surface area contributed by atoms with E-state index in [9.17, 15) is 0 Å². The molecular weight excluding hydrogens is 174 g/mol. The quantitative estimate of drug-likeness (QED) is 0.742. The van der Waals surface area contributed by atoms with E-state index in [0.717, 1.165) is 13.0 Å². The normalized spacial score (nSPS) is 22.1. The van der Waals surface area contributed by atoms with Crippen molar-refractivity contribution in [2.24, 2.45) is 0 Å². The molecule has 1 aliphatic heterocycles. The average molecular weight is 191 g/mol. The average Bonchev–Trinajstić information content (AvgIpc) is 2.23. The minimum atomic E-state index is 0.593. The number of nitrogens with zero attached hydrogens (tertiary/aromatic N) is 1. The van der Waals surface area contributed by atoms with Crippen LogP contribution in [-0.2, 0) is 6.42 Å². The van der Waals surface area contributed by atoms with Crippen molar-refractivity contribution >= 4 is 5.82 Å². The first-order valence-corrected chi connectivity index (χ1v) is 5.29. The smallest absolute Gasteiger partial charge is 0.126 e. The predicted octanol–water partition coefficient (Wildman–Crippen LogP) is 1.35. The van der Waals surface area contributed by atoms with Gasteiger partial charge in [0.2, 0.25) is 0 Å². The number of hydrogen-bond donors (Lipinski definition) is 2. The maximum absolute atomic E-state index is 5.80. The van der Waals surface area contributed by atoms with Crippen LogP contribution < -0.4 is 11.1 Å². The monoisotopic (exact) mass is 191 g/mol. The van der Waals surface area contributed by atoms with Gasteiger partial charge >= 0.3 is 0 Å². The van der Waals surface area contributed by atoms with E-state index < -0.39 is 0 Å². The summed E-state index contributed by atoms with van der Waals surface area (Å²) in [6.45, 7) is 1.14. The van der Waals surface area contributed by atoms with Gasteiger partial charge in [-0.05, 0) is 37.4 Å². The molecule has 2 heterocycles. The fourth-order valence-corrected chi connectivity index (χ4v) is 1.99. The third-order valence-electron chi connectivity index (χ3n) is 2.80. The first-order chi connectivity index (χ1) is 6.86. The summed E-state index contributed by atoms with van der Waals surface area (Å²) in [4.78, 5) is 4.09. The lowest BCUT2D eigenvalue weighted by Crippen LogP contribution is -2.35. The van der Waals surface area contributed by atoms with Crippen molar-refractivity contribution in [1.29, 1.82) is 0 Å². The van der Waals surface area contributed by atoms with Gasteiger partial charge in [-0.25, -0.2) is 4.98 Å². The summed E-state index contributed by atoms with van der Waals surface area (Å²) in [5.74, 6) is 0.680. The Morgan fingerprint density at radius 2 is 2.43 bits per heavy atom. The minimum Gasteiger partial charge on any atom is -0.383 e. The van der Waals surface area contributed by atoms with E-state index in [1.807, 2.05) is 6.07 Å². The summed E-state index contributed by atoms with van der Waals surface area (Å²) < 4.78 is 0. The first kappa shape index (κ1) is 9.46. The molecule has 0 amide bonds. The summed E-state index contributed by atoms with van der Waals surface area (Å²) in [6.07, 6.45) is 6.65. The van der Waals surface area contributed by atoms with Crippen molar-refractivity contribution < 1.29 is 0 Å². The molecule has 1 aromatic rings. The number of piperidine rings is 1. The van der Waals surface area contributed by atoms with Gasteiger partial charge in [0.25, 0.3) is 0 Å². The summed E-state index contributed by atoms with van der Waals surface area (Å²) in [7, 11) is 0. The minimum absolute atomic E-state index is 0.593. The second kappa shape index (κ2) is 4.42. The van der Waals surface area contributed by atoms with E-state index in [2.05, 4.69) is 16.4 Å². The molecule has 14 heavy (non-hydrogen) atoms. The molecule has 0 radical (unpaired) electrons.